The number of hydrogen-bond donors (Lipinski definition) is 0. The van der Waals surface area contributed by atoms with Crippen LogP contribution in [-0.2, 0) is 33.9 Å². The molecule has 2 aromatic carbocycles. The molecule has 0 atom stereocenters. The number of hydrogen-bond acceptors (Lipinski definition) is 1. The van der Waals surface area contributed by atoms with Crippen LogP contribution in [0.25, 0.3) is 10.6 Å². The van der Waals surface area contributed by atoms with Crippen LogP contribution in [0.2, 0.25) is 0 Å². The maximum absolute atomic E-state index is 4.93. The van der Waals surface area contributed by atoms with Gasteiger partial charge in [-0.25, -0.2) is 0 Å². The summed E-state index contributed by atoms with van der Waals surface area (Å²) in [7, 11) is 9.87. The molecule has 3 aromatic rings. The molecule has 3 nitrogen and oxygen atoms in total. The van der Waals surface area contributed by atoms with Crippen LogP contribution in [-0.4, -0.2) is 4.98 Å². The van der Waals surface area contributed by atoms with E-state index in [9.17, 15) is 0 Å². The Morgan fingerprint density at radius 3 is 1.45 bits per heavy atom. The van der Waals surface area contributed by atoms with Crippen molar-refractivity contribution in [1.82, 2.24) is 4.98 Å². The van der Waals surface area contributed by atoms with Crippen molar-refractivity contribution in [2.75, 3.05) is 0 Å². The Bertz CT molecular complexity index is 861. The minimum absolute atomic E-state index is 0.457. The summed E-state index contributed by atoms with van der Waals surface area (Å²) >= 11 is -0.826. The average Bonchev–Trinajstić information content (AvgIpc) is 2.77. The molecule has 0 amide bonds. The molecule has 0 fully saturated rings. The van der Waals surface area contributed by atoms with Gasteiger partial charge in [0.05, 0.1) is 0 Å². The third-order valence-electron chi connectivity index (χ3n) is 4.80. The van der Waals surface area contributed by atoms with Gasteiger partial charge >= 0.3 is 37.9 Å². The van der Waals surface area contributed by atoms with Crippen molar-refractivity contribution in [1.29, 1.82) is 0 Å². The van der Waals surface area contributed by atoms with Crippen LogP contribution in [0, 0.1) is 0 Å². The Kier molecular flexibility index (Phi) is 11.6. The van der Waals surface area contributed by atoms with Gasteiger partial charge in [0.15, 0.2) is 0 Å². The Morgan fingerprint density at radius 2 is 1.06 bits per heavy atom. The van der Waals surface area contributed by atoms with Crippen molar-refractivity contribution < 1.29 is 20.8 Å². The Balaban J connectivity index is 0.00000107. The van der Waals surface area contributed by atoms with E-state index in [2.05, 4.69) is 64.1 Å². The molecule has 162 valence electrons. The molecule has 0 radical (unpaired) electrons. The first-order valence-corrected chi connectivity index (χ1v) is 16.7. The molecular weight excluding hydrogens is 504 g/mol. The first-order chi connectivity index (χ1) is 15.0. The second kappa shape index (κ2) is 13.9. The van der Waals surface area contributed by atoms with Crippen LogP contribution in [0.15, 0.2) is 66.7 Å². The molecule has 0 saturated carbocycles. The van der Waals surface area contributed by atoms with Crippen molar-refractivity contribution in [2.45, 2.75) is 52.6 Å². The van der Waals surface area contributed by atoms with E-state index in [0.717, 1.165) is 22.8 Å². The van der Waals surface area contributed by atoms with E-state index in [4.69, 9.17) is 32.6 Å². The van der Waals surface area contributed by atoms with Gasteiger partial charge in [-0.3, -0.25) is 4.98 Å². The van der Waals surface area contributed by atoms with Gasteiger partial charge < -0.3 is 10.6 Å². The summed E-state index contributed by atoms with van der Waals surface area (Å²) in [6.45, 7) is 9.96. The second-order valence-corrected chi connectivity index (χ2v) is 11.5. The molecule has 1 aromatic heterocycles. The quantitative estimate of drug-likeness (QED) is 0.285. The molecule has 6 heteroatoms. The van der Waals surface area contributed by atoms with Crippen LogP contribution < -0.4 is 0 Å². The van der Waals surface area contributed by atoms with Gasteiger partial charge in [0.1, 0.15) is 0 Å². The molecule has 0 spiro atoms. The SMILES string of the molecule is CC(C)c1ccccc1[N-]Cc1cccc(C[N-]c2ccccc2C(C)C)n1.[Cl][Zr+2][Cl]. The molecule has 31 heavy (non-hydrogen) atoms. The normalized spacial score (nSPS) is 10.3. The summed E-state index contributed by atoms with van der Waals surface area (Å²) < 4.78 is 0. The summed E-state index contributed by atoms with van der Waals surface area (Å²) in [6.07, 6.45) is 0. The van der Waals surface area contributed by atoms with Crippen molar-refractivity contribution in [3.63, 3.8) is 0 Å². The van der Waals surface area contributed by atoms with Gasteiger partial charge in [0, 0.05) is 11.4 Å². The third kappa shape index (κ3) is 8.60. The van der Waals surface area contributed by atoms with E-state index in [1.807, 2.05) is 30.3 Å². The van der Waals surface area contributed by atoms with Crippen LogP contribution in [0.1, 0.15) is 62.0 Å². The van der Waals surface area contributed by atoms with E-state index in [-0.39, 0.29) is 0 Å². The fourth-order valence-electron chi connectivity index (χ4n) is 3.28. The standard InChI is InChI=1S/C25H29N3.2ClH.Zr/c1-18(2)22-12-5-7-14-24(22)26-16-20-10-9-11-21(28-20)17-27-25-15-8-6-13-23(25)19(3)4;;;/h5-15,18-19H,16-17H2,1-4H3;2*1H;/q-2;;;+4/p-2. The molecule has 0 aliphatic heterocycles. The molecule has 0 unspecified atom stereocenters. The zero-order chi connectivity index (χ0) is 22.6. The molecular formula is C25H29Cl2N3Zr. The Labute approximate surface area is 205 Å². The average molecular weight is 534 g/mol. The topological polar surface area (TPSA) is 41.1 Å². The van der Waals surface area contributed by atoms with E-state index in [1.165, 1.54) is 11.1 Å². The summed E-state index contributed by atoms with van der Waals surface area (Å²) in [5, 5.41) is 9.60. The first kappa shape index (κ1) is 25.9. The molecule has 0 N–H and O–H groups in total. The number of para-hydroxylation sites is 2. The fraction of sp³-hybridized carbons (Fsp3) is 0.320. The number of pyridine rings is 1. The molecule has 3 rings (SSSR count). The van der Waals surface area contributed by atoms with Crippen molar-refractivity contribution in [3.8, 4) is 0 Å². The Hall–Kier alpha value is -1.35. The summed E-state index contributed by atoms with van der Waals surface area (Å²) in [5.74, 6) is 0.915. The zero-order valence-corrected chi connectivity index (χ0v) is 22.5. The number of halogens is 2. The monoisotopic (exact) mass is 531 g/mol. The van der Waals surface area contributed by atoms with E-state index in [1.54, 1.807) is 0 Å². The first-order valence-electron chi connectivity index (χ1n) is 10.4. The third-order valence-corrected chi connectivity index (χ3v) is 4.80. The van der Waals surface area contributed by atoms with Gasteiger partial charge in [0.2, 0.25) is 0 Å². The molecule has 0 aliphatic carbocycles. The van der Waals surface area contributed by atoms with Crippen LogP contribution in [0.3, 0.4) is 0 Å². The number of aromatic nitrogens is 1. The van der Waals surface area contributed by atoms with Crippen molar-refractivity contribution in [3.05, 3.63) is 99.9 Å². The molecule has 0 aliphatic rings. The summed E-state index contributed by atoms with van der Waals surface area (Å²) in [6, 6.07) is 22.8. The van der Waals surface area contributed by atoms with E-state index in [0.29, 0.717) is 24.9 Å². The Morgan fingerprint density at radius 1 is 0.677 bits per heavy atom. The second-order valence-electron chi connectivity index (χ2n) is 7.75. The fourth-order valence-corrected chi connectivity index (χ4v) is 3.28. The van der Waals surface area contributed by atoms with Crippen LogP contribution in [0.5, 0.6) is 0 Å². The maximum atomic E-state index is 4.93. The van der Waals surface area contributed by atoms with Crippen molar-refractivity contribution >= 4 is 28.4 Å². The molecule has 1 heterocycles. The van der Waals surface area contributed by atoms with Crippen LogP contribution in [0.4, 0.5) is 11.4 Å². The van der Waals surface area contributed by atoms with Gasteiger partial charge in [-0.1, -0.05) is 107 Å². The molecule has 0 bridgehead atoms. The van der Waals surface area contributed by atoms with Gasteiger partial charge in [-0.05, 0) is 24.0 Å². The number of rotatable bonds is 8. The van der Waals surface area contributed by atoms with Crippen LogP contribution >= 0.6 is 17.0 Å². The summed E-state index contributed by atoms with van der Waals surface area (Å²) in [5.41, 5.74) is 6.62. The minimum atomic E-state index is -0.826. The van der Waals surface area contributed by atoms with E-state index >= 15 is 0 Å². The predicted molar refractivity (Wildman–Crippen MR) is 130 cm³/mol. The van der Waals surface area contributed by atoms with Gasteiger partial charge in [-0.15, -0.1) is 11.4 Å². The van der Waals surface area contributed by atoms with Crippen molar-refractivity contribution in [2.24, 2.45) is 0 Å². The number of benzene rings is 2. The predicted octanol–water partition coefficient (Wildman–Crippen LogP) is 9.12. The zero-order valence-electron chi connectivity index (χ0n) is 18.5. The van der Waals surface area contributed by atoms with Gasteiger partial charge in [-0.2, -0.15) is 0 Å². The summed E-state index contributed by atoms with van der Waals surface area (Å²) in [4.78, 5) is 4.76. The van der Waals surface area contributed by atoms with E-state index < -0.39 is 20.8 Å². The molecule has 0 saturated heterocycles. The number of nitrogens with zero attached hydrogens (tertiary/aromatic N) is 3. The van der Waals surface area contributed by atoms with Gasteiger partial charge in [0.25, 0.3) is 0 Å².